The lowest BCUT2D eigenvalue weighted by Gasteiger charge is -2.21. The fourth-order valence-electron chi connectivity index (χ4n) is 2.86. The largest absolute Gasteiger partial charge is 0.493 e. The molecule has 2 aromatic rings. The number of imidazole rings is 1. The van der Waals surface area contributed by atoms with E-state index < -0.39 is 0 Å². The van der Waals surface area contributed by atoms with Gasteiger partial charge in [-0.15, -0.1) is 0 Å². The van der Waals surface area contributed by atoms with Gasteiger partial charge in [-0.25, -0.2) is 4.98 Å². The number of methoxy groups -OCH3 is 2. The minimum Gasteiger partial charge on any atom is -0.493 e. The van der Waals surface area contributed by atoms with Gasteiger partial charge in [0.1, 0.15) is 5.82 Å². The summed E-state index contributed by atoms with van der Waals surface area (Å²) in [5.74, 6) is 2.45. The third-order valence-electron chi connectivity index (χ3n) is 4.09. The average Bonchev–Trinajstić information content (AvgIpc) is 3.13. The Morgan fingerprint density at radius 1 is 1.15 bits per heavy atom. The first-order valence-corrected chi connectivity index (χ1v) is 7.08. The van der Waals surface area contributed by atoms with Crippen LogP contribution in [0.3, 0.4) is 0 Å². The normalized spacial score (nSPS) is 17.6. The van der Waals surface area contributed by atoms with E-state index in [1.165, 1.54) is 12.8 Å². The maximum absolute atomic E-state index is 5.33. The minimum absolute atomic E-state index is 0.321. The van der Waals surface area contributed by atoms with Gasteiger partial charge in [0.2, 0.25) is 0 Å². The summed E-state index contributed by atoms with van der Waals surface area (Å²) < 4.78 is 10.7. The highest BCUT2D eigenvalue weighted by molar-refractivity contribution is 5.79. The summed E-state index contributed by atoms with van der Waals surface area (Å²) in [6.07, 6.45) is 2.57. The van der Waals surface area contributed by atoms with Crippen LogP contribution in [0, 0.1) is 0 Å². The highest BCUT2D eigenvalue weighted by atomic mass is 16.5. The van der Waals surface area contributed by atoms with Crippen LogP contribution in [0.1, 0.15) is 31.6 Å². The maximum Gasteiger partial charge on any atom is 0.163 e. The molecule has 1 aliphatic heterocycles. The number of hydrogen-bond acceptors (Lipinski definition) is 4. The summed E-state index contributed by atoms with van der Waals surface area (Å²) in [4.78, 5) is 10.6. The van der Waals surface area contributed by atoms with E-state index in [0.717, 1.165) is 35.7 Å². The summed E-state index contributed by atoms with van der Waals surface area (Å²) >= 11 is 0. The van der Waals surface area contributed by atoms with Crippen molar-refractivity contribution in [2.24, 2.45) is 0 Å². The van der Waals surface area contributed by atoms with Gasteiger partial charge in [-0.3, -0.25) is 4.90 Å². The monoisotopic (exact) mass is 275 g/mol. The standard InChI is InChI=1S/C15H21N3O2/c1-10(18-6-4-5-7-18)15-16-11-8-13(19-2)14(20-3)9-12(11)17-15/h8-10H,4-7H2,1-3H3,(H,16,17). The second kappa shape index (κ2) is 5.32. The van der Waals surface area contributed by atoms with E-state index in [9.17, 15) is 0 Å². The number of H-pyrrole nitrogens is 1. The third kappa shape index (κ3) is 2.22. The fourth-order valence-corrected chi connectivity index (χ4v) is 2.86. The van der Waals surface area contributed by atoms with Crippen molar-refractivity contribution in [3.05, 3.63) is 18.0 Å². The second-order valence-electron chi connectivity index (χ2n) is 5.27. The Bertz CT molecular complexity index is 561. The molecule has 5 nitrogen and oxygen atoms in total. The molecular weight excluding hydrogens is 254 g/mol. The highest BCUT2D eigenvalue weighted by Crippen LogP contribution is 2.32. The summed E-state index contributed by atoms with van der Waals surface area (Å²) in [6.45, 7) is 4.52. The molecule has 1 aromatic heterocycles. The molecule has 1 aromatic carbocycles. The first-order chi connectivity index (χ1) is 9.72. The average molecular weight is 275 g/mol. The number of ether oxygens (including phenoxy) is 2. The third-order valence-corrected chi connectivity index (χ3v) is 4.09. The lowest BCUT2D eigenvalue weighted by Crippen LogP contribution is -2.24. The van der Waals surface area contributed by atoms with E-state index in [1.807, 2.05) is 12.1 Å². The molecule has 1 N–H and O–H groups in total. The van der Waals surface area contributed by atoms with Crippen molar-refractivity contribution < 1.29 is 9.47 Å². The Labute approximate surface area is 118 Å². The predicted molar refractivity (Wildman–Crippen MR) is 78.4 cm³/mol. The second-order valence-corrected chi connectivity index (χ2v) is 5.27. The fraction of sp³-hybridized carbons (Fsp3) is 0.533. The molecular formula is C15H21N3O2. The van der Waals surface area contributed by atoms with Crippen LogP contribution in [-0.2, 0) is 0 Å². The number of nitrogens with one attached hydrogen (secondary N) is 1. The molecule has 0 saturated carbocycles. The maximum atomic E-state index is 5.33. The van der Waals surface area contributed by atoms with Gasteiger partial charge < -0.3 is 14.5 Å². The lowest BCUT2D eigenvalue weighted by molar-refractivity contribution is 0.255. The van der Waals surface area contributed by atoms with Crippen LogP contribution in [-0.4, -0.2) is 42.2 Å². The minimum atomic E-state index is 0.321. The lowest BCUT2D eigenvalue weighted by atomic mass is 10.3. The van der Waals surface area contributed by atoms with Crippen molar-refractivity contribution in [1.29, 1.82) is 0 Å². The quantitative estimate of drug-likeness (QED) is 0.932. The van der Waals surface area contributed by atoms with E-state index in [2.05, 4.69) is 16.8 Å². The number of hydrogen-bond donors (Lipinski definition) is 1. The van der Waals surface area contributed by atoms with Crippen LogP contribution in [0.5, 0.6) is 11.5 Å². The zero-order valence-corrected chi connectivity index (χ0v) is 12.3. The summed E-state index contributed by atoms with van der Waals surface area (Å²) in [5, 5.41) is 0. The number of aromatic amines is 1. The number of likely N-dealkylation sites (tertiary alicyclic amines) is 1. The Kier molecular flexibility index (Phi) is 3.53. The van der Waals surface area contributed by atoms with Crippen LogP contribution in [0.15, 0.2) is 12.1 Å². The molecule has 0 radical (unpaired) electrons. The Morgan fingerprint density at radius 3 is 2.45 bits per heavy atom. The molecule has 0 bridgehead atoms. The van der Waals surface area contributed by atoms with Crippen LogP contribution < -0.4 is 9.47 Å². The van der Waals surface area contributed by atoms with Gasteiger partial charge in [-0.05, 0) is 32.9 Å². The van der Waals surface area contributed by atoms with Crippen LogP contribution in [0.2, 0.25) is 0 Å². The topological polar surface area (TPSA) is 50.4 Å². The van der Waals surface area contributed by atoms with Crippen molar-refractivity contribution in [2.45, 2.75) is 25.8 Å². The van der Waals surface area contributed by atoms with Gasteiger partial charge in [0.05, 0.1) is 31.3 Å². The Morgan fingerprint density at radius 2 is 1.80 bits per heavy atom. The van der Waals surface area contributed by atoms with E-state index in [-0.39, 0.29) is 0 Å². The molecule has 0 spiro atoms. The summed E-state index contributed by atoms with van der Waals surface area (Å²) in [7, 11) is 3.29. The van der Waals surface area contributed by atoms with Gasteiger partial charge in [-0.1, -0.05) is 0 Å². The number of rotatable bonds is 4. The molecule has 5 heteroatoms. The Hall–Kier alpha value is -1.75. The number of fused-ring (bicyclic) bond motifs is 1. The van der Waals surface area contributed by atoms with E-state index in [0.29, 0.717) is 11.8 Å². The molecule has 1 fully saturated rings. The van der Waals surface area contributed by atoms with E-state index in [1.54, 1.807) is 14.2 Å². The number of aromatic nitrogens is 2. The van der Waals surface area contributed by atoms with E-state index in [4.69, 9.17) is 14.5 Å². The number of benzene rings is 1. The van der Waals surface area contributed by atoms with Crippen molar-refractivity contribution in [3.63, 3.8) is 0 Å². The molecule has 0 aliphatic carbocycles. The molecule has 2 heterocycles. The smallest absolute Gasteiger partial charge is 0.163 e. The molecule has 1 saturated heterocycles. The molecule has 1 aliphatic rings. The summed E-state index contributed by atoms with van der Waals surface area (Å²) in [5.41, 5.74) is 1.91. The molecule has 3 rings (SSSR count). The first kappa shape index (κ1) is 13.2. The van der Waals surface area contributed by atoms with Crippen molar-refractivity contribution in [1.82, 2.24) is 14.9 Å². The van der Waals surface area contributed by atoms with Gasteiger partial charge in [0, 0.05) is 12.1 Å². The number of nitrogens with zero attached hydrogens (tertiary/aromatic N) is 2. The van der Waals surface area contributed by atoms with Gasteiger partial charge >= 0.3 is 0 Å². The summed E-state index contributed by atoms with van der Waals surface area (Å²) in [6, 6.07) is 4.19. The van der Waals surface area contributed by atoms with Gasteiger partial charge in [-0.2, -0.15) is 0 Å². The van der Waals surface area contributed by atoms with E-state index >= 15 is 0 Å². The van der Waals surface area contributed by atoms with Crippen molar-refractivity contribution >= 4 is 11.0 Å². The first-order valence-electron chi connectivity index (χ1n) is 7.08. The molecule has 108 valence electrons. The highest BCUT2D eigenvalue weighted by Gasteiger charge is 2.22. The van der Waals surface area contributed by atoms with Crippen LogP contribution in [0.25, 0.3) is 11.0 Å². The SMILES string of the molecule is COc1cc2nc(C(C)N3CCCC3)[nH]c2cc1OC. The Balaban J connectivity index is 1.97. The molecule has 0 amide bonds. The molecule has 1 atom stereocenters. The van der Waals surface area contributed by atoms with Crippen LogP contribution in [0.4, 0.5) is 0 Å². The predicted octanol–water partition coefficient (Wildman–Crippen LogP) is 2.74. The van der Waals surface area contributed by atoms with Gasteiger partial charge in [0.25, 0.3) is 0 Å². The van der Waals surface area contributed by atoms with Crippen molar-refractivity contribution in [2.75, 3.05) is 27.3 Å². The zero-order chi connectivity index (χ0) is 14.1. The van der Waals surface area contributed by atoms with Crippen LogP contribution >= 0.6 is 0 Å². The zero-order valence-electron chi connectivity index (χ0n) is 12.3. The molecule has 20 heavy (non-hydrogen) atoms. The van der Waals surface area contributed by atoms with Crippen molar-refractivity contribution in [3.8, 4) is 11.5 Å². The van der Waals surface area contributed by atoms with Gasteiger partial charge in [0.15, 0.2) is 11.5 Å². The molecule has 1 unspecified atom stereocenters.